The third kappa shape index (κ3) is 4.47. The highest BCUT2D eigenvalue weighted by Gasteiger charge is 2.22. The molecule has 0 atom stereocenters. The number of nitrogens with one attached hydrogen (secondary N) is 1. The summed E-state index contributed by atoms with van der Waals surface area (Å²) in [4.78, 5) is 28.0. The van der Waals surface area contributed by atoms with Gasteiger partial charge in [-0.25, -0.2) is 9.78 Å². The van der Waals surface area contributed by atoms with Gasteiger partial charge in [-0.3, -0.25) is 4.79 Å². The molecule has 0 bridgehead atoms. The number of likely N-dealkylation sites (tertiary alicyclic amines) is 1. The van der Waals surface area contributed by atoms with Crippen molar-refractivity contribution < 1.29 is 14.7 Å². The standard InChI is InChI=1S/C13H15Cl2N3O3/c14-10-5-9(6-11(15)17-10)12(19)16-7-8-1-3-18(4-2-8)13(20)21/h5-6,8H,1-4,7H2,(H,16,19)(H,20,21). The monoisotopic (exact) mass is 331 g/mol. The van der Waals surface area contributed by atoms with E-state index in [0.29, 0.717) is 25.2 Å². The number of rotatable bonds is 3. The van der Waals surface area contributed by atoms with Crippen LogP contribution in [0.4, 0.5) is 4.79 Å². The van der Waals surface area contributed by atoms with E-state index in [1.54, 1.807) is 0 Å². The minimum absolute atomic E-state index is 0.169. The number of piperidine rings is 1. The Balaban J connectivity index is 1.83. The van der Waals surface area contributed by atoms with Gasteiger partial charge in [-0.15, -0.1) is 0 Å². The Bertz CT molecular complexity index is 525. The van der Waals surface area contributed by atoms with E-state index in [0.717, 1.165) is 12.8 Å². The summed E-state index contributed by atoms with van der Waals surface area (Å²) in [6.07, 6.45) is 0.591. The van der Waals surface area contributed by atoms with Gasteiger partial charge in [0.1, 0.15) is 10.3 Å². The molecule has 0 aromatic carbocycles. The first kappa shape index (κ1) is 15.9. The predicted octanol–water partition coefficient (Wildman–Crippen LogP) is 2.51. The van der Waals surface area contributed by atoms with Crippen molar-refractivity contribution in [2.24, 2.45) is 5.92 Å². The van der Waals surface area contributed by atoms with Crippen molar-refractivity contribution in [2.45, 2.75) is 12.8 Å². The van der Waals surface area contributed by atoms with Gasteiger partial charge in [0.2, 0.25) is 0 Å². The van der Waals surface area contributed by atoms with Gasteiger partial charge in [0.15, 0.2) is 0 Å². The topological polar surface area (TPSA) is 82.5 Å². The van der Waals surface area contributed by atoms with Crippen LogP contribution in [-0.4, -0.2) is 46.6 Å². The third-order valence-corrected chi connectivity index (χ3v) is 3.85. The summed E-state index contributed by atoms with van der Waals surface area (Å²) in [6.45, 7) is 1.51. The lowest BCUT2D eigenvalue weighted by atomic mass is 9.97. The third-order valence-electron chi connectivity index (χ3n) is 3.46. The number of amides is 2. The summed E-state index contributed by atoms with van der Waals surface area (Å²) < 4.78 is 0. The normalized spacial score (nSPS) is 15.8. The van der Waals surface area contributed by atoms with Crippen molar-refractivity contribution in [3.63, 3.8) is 0 Å². The average molecular weight is 332 g/mol. The molecule has 0 radical (unpaired) electrons. The summed E-state index contributed by atoms with van der Waals surface area (Å²) >= 11 is 11.5. The summed E-state index contributed by atoms with van der Waals surface area (Å²) in [6, 6.07) is 2.91. The number of carbonyl (C=O) groups is 2. The van der Waals surface area contributed by atoms with Gasteiger partial charge in [0, 0.05) is 25.2 Å². The molecule has 0 aliphatic carbocycles. The lowest BCUT2D eigenvalue weighted by Gasteiger charge is -2.29. The molecule has 1 aliphatic heterocycles. The van der Waals surface area contributed by atoms with Crippen LogP contribution in [0, 0.1) is 5.92 Å². The molecule has 2 heterocycles. The lowest BCUT2D eigenvalue weighted by Crippen LogP contribution is -2.40. The number of aromatic nitrogens is 1. The highest BCUT2D eigenvalue weighted by atomic mass is 35.5. The summed E-state index contributed by atoms with van der Waals surface area (Å²) in [5.74, 6) is 0.0131. The van der Waals surface area contributed by atoms with Crippen LogP contribution in [-0.2, 0) is 0 Å². The summed E-state index contributed by atoms with van der Waals surface area (Å²) in [5, 5.41) is 12.0. The maximum atomic E-state index is 12.0. The van der Waals surface area contributed by atoms with E-state index in [1.165, 1.54) is 17.0 Å². The fraction of sp³-hybridized carbons (Fsp3) is 0.462. The second kappa shape index (κ2) is 6.95. The molecule has 114 valence electrons. The molecule has 1 aliphatic rings. The first-order chi connectivity index (χ1) is 9.95. The number of hydrogen-bond donors (Lipinski definition) is 2. The van der Waals surface area contributed by atoms with Crippen LogP contribution >= 0.6 is 23.2 Å². The number of pyridine rings is 1. The van der Waals surface area contributed by atoms with Gasteiger partial charge >= 0.3 is 6.09 Å². The molecule has 1 fully saturated rings. The van der Waals surface area contributed by atoms with Crippen LogP contribution in [0.5, 0.6) is 0 Å². The maximum Gasteiger partial charge on any atom is 0.407 e. The average Bonchev–Trinajstić information content (AvgIpc) is 2.44. The molecule has 8 heteroatoms. The molecule has 0 spiro atoms. The van der Waals surface area contributed by atoms with E-state index in [9.17, 15) is 9.59 Å². The Kier molecular flexibility index (Phi) is 5.25. The molecule has 6 nitrogen and oxygen atoms in total. The van der Waals surface area contributed by atoms with Gasteiger partial charge in [0.25, 0.3) is 5.91 Å². The van der Waals surface area contributed by atoms with Gasteiger partial charge in [0.05, 0.1) is 0 Å². The molecule has 2 amide bonds. The molecular weight excluding hydrogens is 317 g/mol. The molecule has 1 aromatic heterocycles. The zero-order valence-electron chi connectivity index (χ0n) is 11.2. The van der Waals surface area contributed by atoms with E-state index < -0.39 is 6.09 Å². The minimum Gasteiger partial charge on any atom is -0.465 e. The molecular formula is C13H15Cl2N3O3. The first-order valence-electron chi connectivity index (χ1n) is 6.55. The zero-order valence-corrected chi connectivity index (χ0v) is 12.7. The molecule has 2 N–H and O–H groups in total. The fourth-order valence-electron chi connectivity index (χ4n) is 2.26. The molecule has 21 heavy (non-hydrogen) atoms. The van der Waals surface area contributed by atoms with Crippen LogP contribution < -0.4 is 5.32 Å². The lowest BCUT2D eigenvalue weighted by molar-refractivity contribution is 0.0928. The highest BCUT2D eigenvalue weighted by Crippen LogP contribution is 2.17. The smallest absolute Gasteiger partial charge is 0.407 e. The Morgan fingerprint density at radius 2 is 1.86 bits per heavy atom. The van der Waals surface area contributed by atoms with E-state index in [1.807, 2.05) is 0 Å². The fourth-order valence-corrected chi connectivity index (χ4v) is 2.72. The van der Waals surface area contributed by atoms with E-state index >= 15 is 0 Å². The SMILES string of the molecule is O=C(NCC1CCN(C(=O)O)CC1)c1cc(Cl)nc(Cl)c1. The van der Waals surface area contributed by atoms with Gasteiger partial charge in [-0.1, -0.05) is 23.2 Å². The maximum absolute atomic E-state index is 12.0. The van der Waals surface area contributed by atoms with Crippen LogP contribution in [0.3, 0.4) is 0 Å². The van der Waals surface area contributed by atoms with E-state index in [4.69, 9.17) is 28.3 Å². The van der Waals surface area contributed by atoms with Crippen molar-refractivity contribution in [1.29, 1.82) is 0 Å². The molecule has 0 unspecified atom stereocenters. The van der Waals surface area contributed by atoms with E-state index in [-0.39, 0.29) is 22.1 Å². The zero-order chi connectivity index (χ0) is 15.4. The number of nitrogens with zero attached hydrogens (tertiary/aromatic N) is 2. The van der Waals surface area contributed by atoms with Crippen LogP contribution in [0.1, 0.15) is 23.2 Å². The molecule has 1 saturated heterocycles. The second-order valence-electron chi connectivity index (χ2n) is 4.92. The minimum atomic E-state index is -0.890. The Labute approximate surface area is 132 Å². The van der Waals surface area contributed by atoms with Crippen molar-refractivity contribution in [1.82, 2.24) is 15.2 Å². The quantitative estimate of drug-likeness (QED) is 0.833. The largest absolute Gasteiger partial charge is 0.465 e. The molecule has 1 aromatic rings. The molecule has 0 saturated carbocycles. The molecule has 2 rings (SSSR count). The number of carboxylic acid groups (broad SMARTS) is 1. The number of halogens is 2. The van der Waals surface area contributed by atoms with Crippen molar-refractivity contribution in [2.75, 3.05) is 19.6 Å². The summed E-state index contributed by atoms with van der Waals surface area (Å²) in [5.41, 5.74) is 0.364. The number of hydrogen-bond acceptors (Lipinski definition) is 3. The van der Waals surface area contributed by atoms with Crippen molar-refractivity contribution >= 4 is 35.2 Å². The second-order valence-corrected chi connectivity index (χ2v) is 5.70. The van der Waals surface area contributed by atoms with Crippen LogP contribution in [0.15, 0.2) is 12.1 Å². The summed E-state index contributed by atoms with van der Waals surface area (Å²) in [7, 11) is 0. The van der Waals surface area contributed by atoms with Crippen LogP contribution in [0.25, 0.3) is 0 Å². The van der Waals surface area contributed by atoms with Gasteiger partial charge in [-0.05, 0) is 30.9 Å². The van der Waals surface area contributed by atoms with E-state index in [2.05, 4.69) is 10.3 Å². The van der Waals surface area contributed by atoms with Crippen molar-refractivity contribution in [3.8, 4) is 0 Å². The predicted molar refractivity (Wildman–Crippen MR) is 78.9 cm³/mol. The van der Waals surface area contributed by atoms with Crippen LogP contribution in [0.2, 0.25) is 10.3 Å². The Morgan fingerprint density at radius 3 is 2.38 bits per heavy atom. The van der Waals surface area contributed by atoms with Gasteiger partial charge in [-0.2, -0.15) is 0 Å². The van der Waals surface area contributed by atoms with Gasteiger partial charge < -0.3 is 15.3 Å². The Hall–Kier alpha value is -1.53. The number of carbonyl (C=O) groups excluding carboxylic acids is 1. The Morgan fingerprint density at radius 1 is 1.29 bits per heavy atom. The highest BCUT2D eigenvalue weighted by molar-refractivity contribution is 6.33. The first-order valence-corrected chi connectivity index (χ1v) is 7.30. The van der Waals surface area contributed by atoms with Crippen molar-refractivity contribution in [3.05, 3.63) is 28.0 Å².